The summed E-state index contributed by atoms with van der Waals surface area (Å²) >= 11 is 11.9. The fourth-order valence-corrected chi connectivity index (χ4v) is 3.88. The van der Waals surface area contributed by atoms with Crippen LogP contribution in [0.25, 0.3) is 0 Å². The maximum Gasteiger partial charge on any atom is 0.337 e. The van der Waals surface area contributed by atoms with Crippen molar-refractivity contribution in [3.8, 4) is 0 Å². The lowest BCUT2D eigenvalue weighted by Crippen LogP contribution is -2.48. The van der Waals surface area contributed by atoms with E-state index in [1.54, 1.807) is 11.8 Å². The molecule has 1 aliphatic rings. The molecular formula is C20H18ClN3O4S. The number of halogens is 1. The van der Waals surface area contributed by atoms with Crippen LogP contribution in [0.1, 0.15) is 24.1 Å². The molecule has 150 valence electrons. The van der Waals surface area contributed by atoms with Crippen LogP contribution in [0.4, 0.5) is 11.4 Å². The number of allylic oxidation sites excluding steroid dienone is 1. The molecule has 2 aromatic carbocycles. The predicted octanol–water partition coefficient (Wildman–Crippen LogP) is 4.44. The van der Waals surface area contributed by atoms with Crippen molar-refractivity contribution in [2.24, 2.45) is 0 Å². The summed E-state index contributed by atoms with van der Waals surface area (Å²) in [7, 11) is 1.28. The van der Waals surface area contributed by atoms with Gasteiger partial charge < -0.3 is 10.1 Å². The number of thiocarbonyl (C=S) groups is 1. The second-order valence-corrected chi connectivity index (χ2v) is 7.30. The van der Waals surface area contributed by atoms with Gasteiger partial charge in [0.1, 0.15) is 0 Å². The van der Waals surface area contributed by atoms with Gasteiger partial charge in [0.05, 0.1) is 23.6 Å². The van der Waals surface area contributed by atoms with Gasteiger partial charge in [0.15, 0.2) is 5.11 Å². The largest absolute Gasteiger partial charge is 0.466 e. The van der Waals surface area contributed by atoms with Crippen LogP contribution >= 0.6 is 23.8 Å². The number of aryl methyl sites for hydroxylation is 1. The second-order valence-electron chi connectivity index (χ2n) is 6.51. The standard InChI is InChI=1S/C20H18ClN3O4S/c1-11-5-4-6-13(9-11)23-12(2)17(19(25)28-3)18(22-20(23)29)15-10-14(24(26)27)7-8-16(15)21/h4-10,18H,1-3H3,(H,22,29). The van der Waals surface area contributed by atoms with Crippen molar-refractivity contribution >= 4 is 46.3 Å². The van der Waals surface area contributed by atoms with Crippen molar-refractivity contribution in [2.75, 3.05) is 12.0 Å². The van der Waals surface area contributed by atoms with Gasteiger partial charge in [0.25, 0.3) is 5.69 Å². The van der Waals surface area contributed by atoms with E-state index in [2.05, 4.69) is 5.32 Å². The zero-order valence-electron chi connectivity index (χ0n) is 15.9. The Balaban J connectivity index is 2.20. The lowest BCUT2D eigenvalue weighted by atomic mass is 9.94. The minimum atomic E-state index is -0.789. The summed E-state index contributed by atoms with van der Waals surface area (Å²) in [6.45, 7) is 3.70. The first-order chi connectivity index (χ1) is 13.7. The Labute approximate surface area is 178 Å². The SMILES string of the molecule is COC(=O)C1=C(C)N(c2cccc(C)c2)C(=S)NC1c1cc([N+](=O)[O-])ccc1Cl. The Bertz CT molecular complexity index is 1050. The third-order valence-corrected chi connectivity index (χ3v) is 5.30. The number of ether oxygens (including phenoxy) is 1. The summed E-state index contributed by atoms with van der Waals surface area (Å²) in [5.41, 5.74) is 2.86. The molecule has 1 heterocycles. The molecule has 0 aromatic heterocycles. The maximum atomic E-state index is 12.7. The number of nitrogens with zero attached hydrogens (tertiary/aromatic N) is 2. The van der Waals surface area contributed by atoms with Crippen molar-refractivity contribution in [3.05, 3.63) is 80.0 Å². The van der Waals surface area contributed by atoms with E-state index in [0.717, 1.165) is 11.3 Å². The van der Waals surface area contributed by atoms with Gasteiger partial charge in [-0.2, -0.15) is 0 Å². The van der Waals surface area contributed by atoms with Crippen molar-refractivity contribution in [2.45, 2.75) is 19.9 Å². The van der Waals surface area contributed by atoms with E-state index in [4.69, 9.17) is 28.6 Å². The number of carbonyl (C=O) groups excluding carboxylic acids is 1. The van der Waals surface area contributed by atoms with Crippen LogP contribution in [0.5, 0.6) is 0 Å². The van der Waals surface area contributed by atoms with Crippen molar-refractivity contribution in [1.29, 1.82) is 0 Å². The molecule has 0 spiro atoms. The Kier molecular flexibility index (Phi) is 5.86. The van der Waals surface area contributed by atoms with Crippen molar-refractivity contribution < 1.29 is 14.5 Å². The number of hydrogen-bond donors (Lipinski definition) is 1. The number of esters is 1. The maximum absolute atomic E-state index is 12.7. The van der Waals surface area contributed by atoms with E-state index in [1.165, 1.54) is 25.3 Å². The van der Waals surface area contributed by atoms with Crippen LogP contribution in [0.3, 0.4) is 0 Å². The zero-order chi connectivity index (χ0) is 21.3. The molecule has 0 bridgehead atoms. The Morgan fingerprint density at radius 3 is 2.62 bits per heavy atom. The molecule has 0 saturated heterocycles. The molecule has 0 radical (unpaired) electrons. The number of nitro benzene ring substituents is 1. The highest BCUT2D eigenvalue weighted by molar-refractivity contribution is 7.80. The van der Waals surface area contributed by atoms with E-state index in [0.29, 0.717) is 16.4 Å². The van der Waals surface area contributed by atoms with Crippen LogP contribution in [0.2, 0.25) is 5.02 Å². The van der Waals surface area contributed by atoms with Gasteiger partial charge in [-0.25, -0.2) is 4.79 Å². The molecule has 7 nitrogen and oxygen atoms in total. The first-order valence-corrected chi connectivity index (χ1v) is 9.43. The summed E-state index contributed by atoms with van der Waals surface area (Å²) in [6.07, 6.45) is 0. The number of nitro groups is 1. The molecule has 29 heavy (non-hydrogen) atoms. The fraction of sp³-hybridized carbons (Fsp3) is 0.200. The average Bonchev–Trinajstić information content (AvgIpc) is 2.67. The van der Waals surface area contributed by atoms with Crippen LogP contribution in [-0.4, -0.2) is 23.1 Å². The van der Waals surface area contributed by atoms with Gasteiger partial charge in [-0.15, -0.1) is 0 Å². The summed E-state index contributed by atoms with van der Waals surface area (Å²) in [5.74, 6) is -0.581. The number of methoxy groups -OCH3 is 1. The Morgan fingerprint density at radius 1 is 1.28 bits per heavy atom. The van der Waals surface area contributed by atoms with Crippen LogP contribution < -0.4 is 10.2 Å². The quantitative estimate of drug-likeness (QED) is 0.331. The highest BCUT2D eigenvalue weighted by atomic mass is 35.5. The first-order valence-electron chi connectivity index (χ1n) is 8.64. The lowest BCUT2D eigenvalue weighted by Gasteiger charge is -2.37. The molecule has 3 rings (SSSR count). The average molecular weight is 432 g/mol. The molecule has 2 aromatic rings. The van der Waals surface area contributed by atoms with Crippen molar-refractivity contribution in [3.63, 3.8) is 0 Å². The highest BCUT2D eigenvalue weighted by Crippen LogP contribution is 2.38. The van der Waals surface area contributed by atoms with Crippen LogP contribution in [0, 0.1) is 17.0 Å². The van der Waals surface area contributed by atoms with E-state index >= 15 is 0 Å². The number of hydrogen-bond acceptors (Lipinski definition) is 5. The van der Waals surface area contributed by atoms with Gasteiger partial charge in [0, 0.05) is 34.1 Å². The monoisotopic (exact) mass is 431 g/mol. The number of benzene rings is 2. The molecule has 0 saturated carbocycles. The lowest BCUT2D eigenvalue weighted by molar-refractivity contribution is -0.384. The highest BCUT2D eigenvalue weighted by Gasteiger charge is 2.36. The Morgan fingerprint density at radius 2 is 2.00 bits per heavy atom. The summed E-state index contributed by atoms with van der Waals surface area (Å²) in [4.78, 5) is 25.1. The molecular weight excluding hydrogens is 414 g/mol. The molecule has 1 atom stereocenters. The molecule has 9 heteroatoms. The number of nitrogens with one attached hydrogen (secondary N) is 1. The van der Waals surface area contributed by atoms with Crippen LogP contribution in [-0.2, 0) is 9.53 Å². The number of non-ortho nitro benzene ring substituents is 1. The molecule has 0 aliphatic carbocycles. The molecule has 0 fully saturated rings. The molecule has 0 amide bonds. The van der Waals surface area contributed by atoms with Crippen molar-refractivity contribution in [1.82, 2.24) is 5.32 Å². The summed E-state index contributed by atoms with van der Waals surface area (Å²) in [5, 5.41) is 14.9. The number of anilines is 1. The molecule has 1 aliphatic heterocycles. The molecule has 1 N–H and O–H groups in total. The second kappa shape index (κ2) is 8.18. The molecule has 1 unspecified atom stereocenters. The third kappa shape index (κ3) is 3.94. The number of carbonyl (C=O) groups is 1. The van der Waals surface area contributed by atoms with E-state index < -0.39 is 16.9 Å². The van der Waals surface area contributed by atoms with E-state index in [-0.39, 0.29) is 16.3 Å². The van der Waals surface area contributed by atoms with Gasteiger partial charge >= 0.3 is 5.97 Å². The smallest absolute Gasteiger partial charge is 0.337 e. The first kappa shape index (κ1) is 20.8. The Hall–Kier alpha value is -2.97. The zero-order valence-corrected chi connectivity index (χ0v) is 17.5. The van der Waals surface area contributed by atoms with Crippen LogP contribution in [0.15, 0.2) is 53.7 Å². The minimum absolute atomic E-state index is 0.139. The summed E-state index contributed by atoms with van der Waals surface area (Å²) in [6, 6.07) is 10.9. The summed E-state index contributed by atoms with van der Waals surface area (Å²) < 4.78 is 4.99. The van der Waals surface area contributed by atoms with E-state index in [9.17, 15) is 14.9 Å². The van der Waals surface area contributed by atoms with Gasteiger partial charge in [-0.05, 0) is 49.8 Å². The fourth-order valence-electron chi connectivity index (χ4n) is 3.29. The normalized spacial score (nSPS) is 16.5. The number of rotatable bonds is 4. The van der Waals surface area contributed by atoms with Gasteiger partial charge in [-0.3, -0.25) is 15.0 Å². The minimum Gasteiger partial charge on any atom is -0.466 e. The third-order valence-electron chi connectivity index (χ3n) is 4.65. The van der Waals surface area contributed by atoms with Gasteiger partial charge in [-0.1, -0.05) is 23.7 Å². The topological polar surface area (TPSA) is 84.7 Å². The van der Waals surface area contributed by atoms with Gasteiger partial charge in [0.2, 0.25) is 0 Å². The van der Waals surface area contributed by atoms with E-state index in [1.807, 2.05) is 31.2 Å². The predicted molar refractivity (Wildman–Crippen MR) is 115 cm³/mol.